The van der Waals surface area contributed by atoms with E-state index in [0.29, 0.717) is 12.3 Å². The van der Waals surface area contributed by atoms with E-state index in [2.05, 4.69) is 40.0 Å². The Morgan fingerprint density at radius 2 is 2.24 bits per heavy atom. The molecule has 0 aliphatic carbocycles. The number of carbonyl (C=O) groups is 1. The van der Waals surface area contributed by atoms with Crippen molar-refractivity contribution in [1.82, 2.24) is 20.1 Å². The highest BCUT2D eigenvalue weighted by molar-refractivity contribution is 7.99. The average molecular weight is 360 g/mol. The maximum Gasteiger partial charge on any atom is 0.230 e. The van der Waals surface area contributed by atoms with Crippen LogP contribution in [0.1, 0.15) is 25.3 Å². The highest BCUT2D eigenvalue weighted by atomic mass is 32.2. The number of nitrogens with zero attached hydrogens (tertiary/aromatic N) is 3. The minimum Gasteiger partial charge on any atom is -0.376 e. The zero-order chi connectivity index (χ0) is 17.6. The van der Waals surface area contributed by atoms with Crippen molar-refractivity contribution in [1.29, 1.82) is 0 Å². The molecule has 2 heterocycles. The quantitative estimate of drug-likeness (QED) is 0.769. The lowest BCUT2D eigenvalue weighted by molar-refractivity contribution is -0.119. The lowest BCUT2D eigenvalue weighted by Crippen LogP contribution is -2.32. The molecule has 1 N–H and O–H groups in total. The van der Waals surface area contributed by atoms with Crippen LogP contribution in [0.4, 0.5) is 0 Å². The minimum atomic E-state index is 0.00333. The molecule has 0 saturated carbocycles. The first-order valence-electron chi connectivity index (χ1n) is 8.69. The van der Waals surface area contributed by atoms with Gasteiger partial charge in [0.1, 0.15) is 0 Å². The summed E-state index contributed by atoms with van der Waals surface area (Å²) in [4.78, 5) is 12.1. The second-order valence-electron chi connectivity index (χ2n) is 6.09. The van der Waals surface area contributed by atoms with E-state index in [-0.39, 0.29) is 12.0 Å². The summed E-state index contributed by atoms with van der Waals surface area (Å²) < 4.78 is 7.57. The molecule has 6 nitrogen and oxygen atoms in total. The van der Waals surface area contributed by atoms with Crippen LogP contribution < -0.4 is 5.32 Å². The van der Waals surface area contributed by atoms with E-state index in [1.165, 1.54) is 11.8 Å². The van der Waals surface area contributed by atoms with E-state index in [9.17, 15) is 4.79 Å². The Morgan fingerprint density at radius 3 is 2.96 bits per heavy atom. The van der Waals surface area contributed by atoms with Gasteiger partial charge in [0.05, 0.1) is 11.9 Å². The molecule has 1 atom stereocenters. The fourth-order valence-electron chi connectivity index (χ4n) is 2.92. The van der Waals surface area contributed by atoms with Crippen molar-refractivity contribution in [2.75, 3.05) is 18.9 Å². The maximum absolute atomic E-state index is 12.1. The number of aromatic nitrogens is 3. The number of hydrogen-bond donors (Lipinski definition) is 1. The first-order valence-corrected chi connectivity index (χ1v) is 9.68. The Balaban J connectivity index is 1.61. The van der Waals surface area contributed by atoms with Crippen LogP contribution >= 0.6 is 11.8 Å². The highest BCUT2D eigenvalue weighted by Gasteiger charge is 2.18. The molecule has 1 unspecified atom stereocenters. The number of thioether (sulfide) groups is 1. The van der Waals surface area contributed by atoms with Crippen LogP contribution in [-0.2, 0) is 16.1 Å². The number of rotatable bonds is 7. The van der Waals surface area contributed by atoms with Crippen molar-refractivity contribution in [2.45, 2.75) is 44.5 Å². The van der Waals surface area contributed by atoms with E-state index in [1.54, 1.807) is 0 Å². The van der Waals surface area contributed by atoms with E-state index in [4.69, 9.17) is 4.74 Å². The third-order valence-corrected chi connectivity index (χ3v) is 5.27. The number of carbonyl (C=O) groups excluding carboxylic acids is 1. The first kappa shape index (κ1) is 17.9. The molecule has 3 rings (SSSR count). The smallest absolute Gasteiger partial charge is 0.230 e. The van der Waals surface area contributed by atoms with Crippen LogP contribution in [-0.4, -0.2) is 45.7 Å². The molecular formula is C18H24N4O2S. The number of ether oxygens (including phenoxy) is 1. The van der Waals surface area contributed by atoms with Gasteiger partial charge < -0.3 is 14.6 Å². The van der Waals surface area contributed by atoms with Gasteiger partial charge in [0.15, 0.2) is 11.0 Å². The number of aryl methyl sites for hydroxylation is 1. The van der Waals surface area contributed by atoms with Crippen molar-refractivity contribution >= 4 is 17.7 Å². The van der Waals surface area contributed by atoms with Crippen LogP contribution in [0.15, 0.2) is 29.4 Å². The molecule has 0 spiro atoms. The van der Waals surface area contributed by atoms with E-state index in [0.717, 1.165) is 48.1 Å². The summed E-state index contributed by atoms with van der Waals surface area (Å²) in [5, 5.41) is 12.3. The molecule has 134 valence electrons. The Hall–Kier alpha value is -1.86. The lowest BCUT2D eigenvalue weighted by Gasteiger charge is -2.11. The van der Waals surface area contributed by atoms with Crippen LogP contribution in [0.5, 0.6) is 0 Å². The van der Waals surface area contributed by atoms with Gasteiger partial charge in [-0.15, -0.1) is 10.2 Å². The zero-order valence-corrected chi connectivity index (χ0v) is 15.5. The van der Waals surface area contributed by atoms with Gasteiger partial charge >= 0.3 is 0 Å². The monoisotopic (exact) mass is 360 g/mol. The van der Waals surface area contributed by atoms with Gasteiger partial charge in [-0.2, -0.15) is 0 Å². The zero-order valence-electron chi connectivity index (χ0n) is 14.7. The molecule has 1 aromatic carbocycles. The van der Waals surface area contributed by atoms with Crippen LogP contribution in [0, 0.1) is 6.92 Å². The molecule has 1 fully saturated rings. The van der Waals surface area contributed by atoms with Crippen molar-refractivity contribution in [3.05, 3.63) is 29.8 Å². The van der Waals surface area contributed by atoms with Gasteiger partial charge in [0.2, 0.25) is 5.91 Å². The predicted molar refractivity (Wildman–Crippen MR) is 98.6 cm³/mol. The number of nitrogens with one attached hydrogen (secondary N) is 1. The van der Waals surface area contributed by atoms with Crippen LogP contribution in [0.2, 0.25) is 0 Å². The molecule has 1 saturated heterocycles. The molecule has 0 radical (unpaired) electrons. The maximum atomic E-state index is 12.1. The summed E-state index contributed by atoms with van der Waals surface area (Å²) >= 11 is 1.42. The van der Waals surface area contributed by atoms with Gasteiger partial charge in [0, 0.05) is 25.3 Å². The fourth-order valence-corrected chi connectivity index (χ4v) is 3.75. The summed E-state index contributed by atoms with van der Waals surface area (Å²) in [6.07, 6.45) is 2.27. The summed E-state index contributed by atoms with van der Waals surface area (Å²) in [6, 6.07) is 8.13. The molecule has 1 aliphatic rings. The molecule has 1 amide bonds. The van der Waals surface area contributed by atoms with Gasteiger partial charge in [-0.25, -0.2) is 0 Å². The fraction of sp³-hybridized carbons (Fsp3) is 0.500. The SMILES string of the molecule is CCn1c(SCC(=O)NCC2CCCO2)nnc1-c1ccccc1C. The normalized spacial score (nSPS) is 17.0. The number of amides is 1. The Morgan fingerprint density at radius 1 is 1.40 bits per heavy atom. The summed E-state index contributed by atoms with van der Waals surface area (Å²) in [7, 11) is 0. The van der Waals surface area contributed by atoms with Crippen LogP contribution in [0.25, 0.3) is 11.4 Å². The van der Waals surface area contributed by atoms with Crippen molar-refractivity contribution in [2.24, 2.45) is 0 Å². The lowest BCUT2D eigenvalue weighted by atomic mass is 10.1. The minimum absolute atomic E-state index is 0.00333. The predicted octanol–water partition coefficient (Wildman–Crippen LogP) is 2.66. The topological polar surface area (TPSA) is 69.0 Å². The number of hydrogen-bond acceptors (Lipinski definition) is 5. The second kappa shape index (κ2) is 8.49. The second-order valence-corrected chi connectivity index (χ2v) is 7.04. The Bertz CT molecular complexity index is 726. The van der Waals surface area contributed by atoms with Crippen molar-refractivity contribution in [3.8, 4) is 11.4 Å². The van der Waals surface area contributed by atoms with E-state index >= 15 is 0 Å². The van der Waals surface area contributed by atoms with Gasteiger partial charge in [-0.05, 0) is 32.3 Å². The largest absolute Gasteiger partial charge is 0.376 e. The molecule has 25 heavy (non-hydrogen) atoms. The van der Waals surface area contributed by atoms with Gasteiger partial charge in [0.25, 0.3) is 0 Å². The number of benzene rings is 1. The molecule has 1 aliphatic heterocycles. The molecular weight excluding hydrogens is 336 g/mol. The summed E-state index contributed by atoms with van der Waals surface area (Å²) in [6.45, 7) is 6.28. The van der Waals surface area contributed by atoms with Gasteiger partial charge in [-0.1, -0.05) is 36.0 Å². The summed E-state index contributed by atoms with van der Waals surface area (Å²) in [5.74, 6) is 1.19. The molecule has 7 heteroatoms. The third kappa shape index (κ3) is 4.41. The van der Waals surface area contributed by atoms with E-state index < -0.39 is 0 Å². The van der Waals surface area contributed by atoms with Crippen LogP contribution in [0.3, 0.4) is 0 Å². The molecule has 1 aromatic heterocycles. The molecule has 0 bridgehead atoms. The average Bonchev–Trinajstić information content (AvgIpc) is 3.28. The molecule has 2 aromatic rings. The van der Waals surface area contributed by atoms with Crippen molar-refractivity contribution < 1.29 is 9.53 Å². The standard InChI is InChI=1S/C18H24N4O2S/c1-3-22-17(15-9-5-4-7-13(15)2)20-21-18(22)25-12-16(23)19-11-14-8-6-10-24-14/h4-5,7,9,14H,3,6,8,10-12H2,1-2H3,(H,19,23). The summed E-state index contributed by atoms with van der Waals surface area (Å²) in [5.41, 5.74) is 2.24. The van der Waals surface area contributed by atoms with E-state index in [1.807, 2.05) is 18.2 Å². The Labute approximate surface area is 152 Å². The Kier molecular flexibility index (Phi) is 6.09. The van der Waals surface area contributed by atoms with Gasteiger partial charge in [-0.3, -0.25) is 4.79 Å². The van der Waals surface area contributed by atoms with Crippen molar-refractivity contribution in [3.63, 3.8) is 0 Å². The third-order valence-electron chi connectivity index (χ3n) is 4.30. The first-order chi connectivity index (χ1) is 12.2. The highest BCUT2D eigenvalue weighted by Crippen LogP contribution is 2.26.